The molecule has 1 nitrogen and oxygen atoms in total. The summed E-state index contributed by atoms with van der Waals surface area (Å²) in [5.74, 6) is 1.03. The van der Waals surface area contributed by atoms with Crippen LogP contribution >= 0.6 is 0 Å². The molecule has 1 aromatic carbocycles. The van der Waals surface area contributed by atoms with Gasteiger partial charge in [0, 0.05) is 6.04 Å². The lowest BCUT2D eigenvalue weighted by Gasteiger charge is -2.16. The van der Waals surface area contributed by atoms with Crippen LogP contribution in [0.15, 0.2) is 18.2 Å². The Bertz CT molecular complexity index is 431. The summed E-state index contributed by atoms with van der Waals surface area (Å²) in [6, 6.07) is 7.63. The summed E-state index contributed by atoms with van der Waals surface area (Å²) in [7, 11) is 0. The second-order valence-corrected chi connectivity index (χ2v) is 6.85. The van der Waals surface area contributed by atoms with Crippen LogP contribution in [-0.4, -0.2) is 6.54 Å². The number of hydrogen-bond donors (Lipinski definition) is 1. The van der Waals surface area contributed by atoms with Gasteiger partial charge in [0.05, 0.1) is 0 Å². The van der Waals surface area contributed by atoms with Gasteiger partial charge in [-0.1, -0.05) is 43.9 Å². The lowest BCUT2D eigenvalue weighted by atomic mass is 10.0. The lowest BCUT2D eigenvalue weighted by Crippen LogP contribution is -2.20. The summed E-state index contributed by atoms with van der Waals surface area (Å²) in [4.78, 5) is 0. The van der Waals surface area contributed by atoms with Crippen LogP contribution in [-0.2, 0) is 12.8 Å². The SMILES string of the molecule is CC(NCCCC1CCCC1)c1ccc2c(c1)CCC2. The Morgan fingerprint density at radius 2 is 1.90 bits per heavy atom. The van der Waals surface area contributed by atoms with Crippen molar-refractivity contribution < 1.29 is 0 Å². The van der Waals surface area contributed by atoms with Crippen LogP contribution in [0.4, 0.5) is 0 Å². The molecule has 20 heavy (non-hydrogen) atoms. The van der Waals surface area contributed by atoms with Crippen LogP contribution in [0.5, 0.6) is 0 Å². The maximum atomic E-state index is 3.71. The van der Waals surface area contributed by atoms with Gasteiger partial charge in [-0.05, 0) is 68.2 Å². The molecular weight excluding hydrogens is 242 g/mol. The molecule has 0 aromatic heterocycles. The first-order chi connectivity index (χ1) is 9.83. The van der Waals surface area contributed by atoms with Gasteiger partial charge >= 0.3 is 0 Å². The summed E-state index contributed by atoms with van der Waals surface area (Å²) < 4.78 is 0. The fourth-order valence-corrected chi connectivity index (χ4v) is 3.99. The van der Waals surface area contributed by atoms with Gasteiger partial charge < -0.3 is 5.32 Å². The smallest absolute Gasteiger partial charge is 0.0291 e. The number of nitrogens with one attached hydrogen (secondary N) is 1. The lowest BCUT2D eigenvalue weighted by molar-refractivity contribution is 0.456. The second-order valence-electron chi connectivity index (χ2n) is 6.85. The predicted molar refractivity (Wildman–Crippen MR) is 86.1 cm³/mol. The summed E-state index contributed by atoms with van der Waals surface area (Å²) in [6.45, 7) is 3.49. The minimum Gasteiger partial charge on any atom is -0.310 e. The zero-order valence-corrected chi connectivity index (χ0v) is 13.0. The van der Waals surface area contributed by atoms with Gasteiger partial charge in [-0.3, -0.25) is 0 Å². The minimum absolute atomic E-state index is 0.504. The van der Waals surface area contributed by atoms with Crippen molar-refractivity contribution in [1.82, 2.24) is 5.32 Å². The van der Waals surface area contributed by atoms with Gasteiger partial charge in [0.1, 0.15) is 0 Å². The molecule has 1 heteroatoms. The normalized spacial score (nSPS) is 20.2. The molecule has 3 rings (SSSR count). The number of benzene rings is 1. The molecule has 0 saturated heterocycles. The maximum Gasteiger partial charge on any atom is 0.0291 e. The third-order valence-electron chi connectivity index (χ3n) is 5.34. The molecule has 1 aromatic rings. The van der Waals surface area contributed by atoms with Crippen LogP contribution < -0.4 is 5.32 Å². The highest BCUT2D eigenvalue weighted by Crippen LogP contribution is 2.28. The van der Waals surface area contributed by atoms with E-state index in [1.54, 1.807) is 11.1 Å². The van der Waals surface area contributed by atoms with Gasteiger partial charge in [-0.2, -0.15) is 0 Å². The van der Waals surface area contributed by atoms with Crippen molar-refractivity contribution in [2.24, 2.45) is 5.92 Å². The van der Waals surface area contributed by atoms with E-state index < -0.39 is 0 Å². The van der Waals surface area contributed by atoms with Crippen LogP contribution in [0.25, 0.3) is 0 Å². The van der Waals surface area contributed by atoms with Crippen LogP contribution in [0, 0.1) is 5.92 Å². The third kappa shape index (κ3) is 3.44. The van der Waals surface area contributed by atoms with E-state index in [2.05, 4.69) is 30.4 Å². The molecule has 2 aliphatic carbocycles. The van der Waals surface area contributed by atoms with Crippen molar-refractivity contribution in [2.45, 2.75) is 70.8 Å². The second kappa shape index (κ2) is 6.76. The average molecular weight is 271 g/mol. The number of aryl methyl sites for hydroxylation is 2. The number of fused-ring (bicyclic) bond motifs is 1. The van der Waals surface area contributed by atoms with E-state index in [0.717, 1.165) is 5.92 Å². The van der Waals surface area contributed by atoms with Gasteiger partial charge in [0.25, 0.3) is 0 Å². The molecule has 0 heterocycles. The molecule has 0 spiro atoms. The van der Waals surface area contributed by atoms with Crippen LogP contribution in [0.2, 0.25) is 0 Å². The Morgan fingerprint density at radius 3 is 2.75 bits per heavy atom. The van der Waals surface area contributed by atoms with Crippen molar-refractivity contribution in [3.63, 3.8) is 0 Å². The minimum atomic E-state index is 0.504. The largest absolute Gasteiger partial charge is 0.310 e. The Kier molecular flexibility index (Phi) is 4.77. The van der Waals surface area contributed by atoms with Gasteiger partial charge in [-0.15, -0.1) is 0 Å². The third-order valence-corrected chi connectivity index (χ3v) is 5.34. The van der Waals surface area contributed by atoms with E-state index in [0.29, 0.717) is 6.04 Å². The quantitative estimate of drug-likeness (QED) is 0.733. The summed E-state index contributed by atoms with van der Waals surface area (Å²) in [5, 5.41) is 3.71. The van der Waals surface area contributed by atoms with Gasteiger partial charge in [0.15, 0.2) is 0 Å². The van der Waals surface area contributed by atoms with Crippen molar-refractivity contribution in [3.05, 3.63) is 34.9 Å². The standard InChI is InChI=1S/C19H29N/c1-15(20-13-5-8-16-6-2-3-7-16)18-12-11-17-9-4-10-19(17)14-18/h11-12,14-16,20H,2-10,13H2,1H3. The first kappa shape index (κ1) is 14.1. The van der Waals surface area contributed by atoms with E-state index in [-0.39, 0.29) is 0 Å². The topological polar surface area (TPSA) is 12.0 Å². The molecule has 1 fully saturated rings. The van der Waals surface area contributed by atoms with Crippen molar-refractivity contribution in [1.29, 1.82) is 0 Å². The van der Waals surface area contributed by atoms with Crippen LogP contribution in [0.3, 0.4) is 0 Å². The van der Waals surface area contributed by atoms with Gasteiger partial charge in [-0.25, -0.2) is 0 Å². The predicted octanol–water partition coefficient (Wildman–Crippen LogP) is 4.80. The Labute approximate surface area is 124 Å². The molecule has 1 N–H and O–H groups in total. The average Bonchev–Trinajstić information content (AvgIpc) is 3.13. The monoisotopic (exact) mass is 271 g/mol. The van der Waals surface area contributed by atoms with E-state index >= 15 is 0 Å². The van der Waals surface area contributed by atoms with E-state index in [1.165, 1.54) is 69.9 Å². The van der Waals surface area contributed by atoms with E-state index in [4.69, 9.17) is 0 Å². The molecule has 0 radical (unpaired) electrons. The first-order valence-corrected chi connectivity index (χ1v) is 8.68. The molecule has 1 saturated carbocycles. The van der Waals surface area contributed by atoms with Crippen molar-refractivity contribution in [3.8, 4) is 0 Å². The van der Waals surface area contributed by atoms with Crippen LogP contribution in [0.1, 0.15) is 74.6 Å². The van der Waals surface area contributed by atoms with Crippen molar-refractivity contribution >= 4 is 0 Å². The zero-order valence-electron chi connectivity index (χ0n) is 13.0. The molecule has 0 bridgehead atoms. The van der Waals surface area contributed by atoms with E-state index in [9.17, 15) is 0 Å². The number of hydrogen-bond acceptors (Lipinski definition) is 1. The highest BCUT2D eigenvalue weighted by molar-refractivity contribution is 5.36. The molecule has 110 valence electrons. The zero-order chi connectivity index (χ0) is 13.8. The molecule has 2 aliphatic rings. The molecule has 0 aliphatic heterocycles. The van der Waals surface area contributed by atoms with E-state index in [1.807, 2.05) is 0 Å². The molecule has 1 atom stereocenters. The van der Waals surface area contributed by atoms with Crippen molar-refractivity contribution in [2.75, 3.05) is 6.54 Å². The fourth-order valence-electron chi connectivity index (χ4n) is 3.99. The summed E-state index contributed by atoms with van der Waals surface area (Å²) >= 11 is 0. The number of rotatable bonds is 6. The molecule has 0 amide bonds. The first-order valence-electron chi connectivity index (χ1n) is 8.68. The highest BCUT2D eigenvalue weighted by Gasteiger charge is 2.15. The summed E-state index contributed by atoms with van der Waals surface area (Å²) in [6.07, 6.45) is 12.6. The Balaban J connectivity index is 1.43. The van der Waals surface area contributed by atoms with Gasteiger partial charge in [0.2, 0.25) is 0 Å². The fraction of sp³-hybridized carbons (Fsp3) is 0.684. The Morgan fingerprint density at radius 1 is 1.10 bits per heavy atom. The Hall–Kier alpha value is -0.820. The summed E-state index contributed by atoms with van der Waals surface area (Å²) in [5.41, 5.74) is 4.66. The molecule has 1 unspecified atom stereocenters. The maximum absolute atomic E-state index is 3.71. The molecular formula is C19H29N. The highest BCUT2D eigenvalue weighted by atomic mass is 14.9.